The summed E-state index contributed by atoms with van der Waals surface area (Å²) < 4.78 is 19.9. The normalized spacial score (nSPS) is 10.8. The number of anilines is 1. The van der Waals surface area contributed by atoms with Gasteiger partial charge in [0.05, 0.1) is 23.4 Å². The van der Waals surface area contributed by atoms with E-state index in [-0.39, 0.29) is 18.3 Å². The molecule has 0 spiro atoms. The summed E-state index contributed by atoms with van der Waals surface area (Å²) in [4.78, 5) is 16.9. The van der Waals surface area contributed by atoms with Gasteiger partial charge in [-0.1, -0.05) is 6.07 Å². The minimum atomic E-state index is -0.346. The lowest BCUT2D eigenvalue weighted by Crippen LogP contribution is -2.12. The molecule has 0 aliphatic carbocycles. The number of carbonyl (C=O) groups is 1. The summed E-state index contributed by atoms with van der Waals surface area (Å²) >= 11 is 1.25. The number of hydrogen-bond acceptors (Lipinski definition) is 4. The average Bonchev–Trinajstić information content (AvgIpc) is 2.89. The topological polar surface area (TPSA) is 51.2 Å². The molecule has 1 amide bonds. The Labute approximate surface area is 130 Å². The fourth-order valence-corrected chi connectivity index (χ4v) is 3.37. The van der Waals surface area contributed by atoms with Crippen LogP contribution >= 0.6 is 11.3 Å². The number of rotatable bonds is 4. The van der Waals surface area contributed by atoms with Crippen LogP contribution in [0.25, 0.3) is 10.1 Å². The lowest BCUT2D eigenvalue weighted by atomic mass is 10.1. The van der Waals surface area contributed by atoms with Gasteiger partial charge in [0.1, 0.15) is 5.82 Å². The minimum absolute atomic E-state index is 0.177. The molecule has 0 aliphatic rings. The molecule has 0 aliphatic heterocycles. The molecule has 0 radical (unpaired) electrons. The number of carbonyl (C=O) groups excluding carboxylic acids is 1. The van der Waals surface area contributed by atoms with E-state index in [2.05, 4.69) is 10.3 Å². The molecular formula is C16H13FN2O2S. The molecule has 1 aromatic carbocycles. The molecule has 2 aromatic heterocycles. The van der Waals surface area contributed by atoms with Gasteiger partial charge in [0, 0.05) is 29.0 Å². The summed E-state index contributed by atoms with van der Waals surface area (Å²) in [5, 5.41) is 3.22. The first-order chi connectivity index (χ1) is 10.7. The molecule has 4 nitrogen and oxygen atoms in total. The summed E-state index contributed by atoms with van der Waals surface area (Å²) in [7, 11) is 1.52. The summed E-state index contributed by atoms with van der Waals surface area (Å²) in [5.74, 6) is -0.637. The highest BCUT2D eigenvalue weighted by Crippen LogP contribution is 2.34. The van der Waals surface area contributed by atoms with E-state index in [9.17, 15) is 9.18 Å². The van der Waals surface area contributed by atoms with Crippen molar-refractivity contribution in [2.45, 2.75) is 6.61 Å². The molecule has 0 atom stereocenters. The van der Waals surface area contributed by atoms with Gasteiger partial charge in [-0.25, -0.2) is 4.39 Å². The fourth-order valence-electron chi connectivity index (χ4n) is 2.26. The number of halogens is 1. The number of benzene rings is 1. The van der Waals surface area contributed by atoms with Gasteiger partial charge in [0.2, 0.25) is 0 Å². The molecule has 3 aromatic rings. The van der Waals surface area contributed by atoms with Crippen LogP contribution in [0.1, 0.15) is 15.2 Å². The second-order valence-electron chi connectivity index (χ2n) is 4.65. The van der Waals surface area contributed by atoms with Crippen LogP contribution in [-0.4, -0.2) is 18.0 Å². The lowest BCUT2D eigenvalue weighted by Gasteiger charge is -2.06. The van der Waals surface area contributed by atoms with E-state index in [1.54, 1.807) is 36.7 Å². The molecule has 0 bridgehead atoms. The highest BCUT2D eigenvalue weighted by Gasteiger charge is 2.20. The third-order valence-corrected chi connectivity index (χ3v) is 4.37. The van der Waals surface area contributed by atoms with Crippen molar-refractivity contribution in [3.63, 3.8) is 0 Å². The number of amides is 1. The Bertz CT molecular complexity index is 818. The molecule has 22 heavy (non-hydrogen) atoms. The molecular weight excluding hydrogens is 303 g/mol. The third-order valence-electron chi connectivity index (χ3n) is 3.18. The first kappa shape index (κ1) is 14.6. The van der Waals surface area contributed by atoms with Crippen molar-refractivity contribution in [3.05, 3.63) is 59.0 Å². The summed E-state index contributed by atoms with van der Waals surface area (Å²) in [6, 6.07) is 8.29. The van der Waals surface area contributed by atoms with Gasteiger partial charge in [0.15, 0.2) is 0 Å². The molecule has 3 rings (SSSR count). The number of fused-ring (bicyclic) bond motifs is 1. The number of nitrogens with one attached hydrogen (secondary N) is 1. The van der Waals surface area contributed by atoms with Crippen molar-refractivity contribution in [1.82, 2.24) is 4.98 Å². The van der Waals surface area contributed by atoms with Gasteiger partial charge >= 0.3 is 0 Å². The Morgan fingerprint density at radius 2 is 2.23 bits per heavy atom. The van der Waals surface area contributed by atoms with E-state index in [4.69, 9.17) is 4.74 Å². The Balaban J connectivity index is 2.04. The zero-order valence-corrected chi connectivity index (χ0v) is 12.6. The van der Waals surface area contributed by atoms with Crippen molar-refractivity contribution in [3.8, 4) is 0 Å². The van der Waals surface area contributed by atoms with Gasteiger partial charge in [-0.2, -0.15) is 0 Å². The Morgan fingerprint density at radius 1 is 1.36 bits per heavy atom. The zero-order chi connectivity index (χ0) is 15.5. The standard InChI is InChI=1S/C16H13FN2O2S/c1-21-9-11-14-12(17)5-2-6-13(14)22-15(11)16(20)19-10-4-3-7-18-8-10/h2-8H,9H2,1H3,(H,19,20). The molecule has 0 fully saturated rings. The molecule has 0 saturated heterocycles. The number of methoxy groups -OCH3 is 1. The monoisotopic (exact) mass is 316 g/mol. The second kappa shape index (κ2) is 6.21. The highest BCUT2D eigenvalue weighted by molar-refractivity contribution is 7.21. The van der Waals surface area contributed by atoms with Gasteiger partial charge < -0.3 is 10.1 Å². The fraction of sp³-hybridized carbons (Fsp3) is 0.125. The quantitative estimate of drug-likeness (QED) is 0.796. The van der Waals surface area contributed by atoms with E-state index in [1.807, 2.05) is 0 Å². The van der Waals surface area contributed by atoms with Crippen LogP contribution in [-0.2, 0) is 11.3 Å². The first-order valence-corrected chi connectivity index (χ1v) is 7.42. The van der Waals surface area contributed by atoms with E-state index in [0.717, 1.165) is 4.70 Å². The molecule has 1 N–H and O–H groups in total. The Morgan fingerprint density at radius 3 is 2.95 bits per heavy atom. The van der Waals surface area contributed by atoms with Crippen molar-refractivity contribution in [2.75, 3.05) is 12.4 Å². The van der Waals surface area contributed by atoms with Crippen LogP contribution in [0.2, 0.25) is 0 Å². The average molecular weight is 316 g/mol. The smallest absolute Gasteiger partial charge is 0.266 e. The van der Waals surface area contributed by atoms with Gasteiger partial charge in [-0.3, -0.25) is 9.78 Å². The first-order valence-electron chi connectivity index (χ1n) is 6.61. The maximum absolute atomic E-state index is 14.1. The number of ether oxygens (including phenoxy) is 1. The van der Waals surface area contributed by atoms with Crippen LogP contribution in [0.3, 0.4) is 0 Å². The molecule has 0 saturated carbocycles. The largest absolute Gasteiger partial charge is 0.380 e. The van der Waals surface area contributed by atoms with Gasteiger partial charge in [0.25, 0.3) is 5.91 Å². The SMILES string of the molecule is COCc1c(C(=O)Nc2cccnc2)sc2cccc(F)c12. The van der Waals surface area contributed by atoms with Crippen LogP contribution < -0.4 is 5.32 Å². The van der Waals surface area contributed by atoms with E-state index in [1.165, 1.54) is 24.5 Å². The molecule has 112 valence electrons. The summed E-state index contributed by atoms with van der Waals surface area (Å²) in [5.41, 5.74) is 1.16. The lowest BCUT2D eigenvalue weighted by molar-refractivity contribution is 0.102. The highest BCUT2D eigenvalue weighted by atomic mass is 32.1. The van der Waals surface area contributed by atoms with Crippen LogP contribution in [0.5, 0.6) is 0 Å². The summed E-state index contributed by atoms with van der Waals surface area (Å²) in [6.07, 6.45) is 3.18. The number of aromatic nitrogens is 1. The molecule has 0 unspecified atom stereocenters. The van der Waals surface area contributed by atoms with E-state index in [0.29, 0.717) is 21.5 Å². The zero-order valence-electron chi connectivity index (χ0n) is 11.8. The van der Waals surface area contributed by atoms with Crippen molar-refractivity contribution in [1.29, 1.82) is 0 Å². The van der Waals surface area contributed by atoms with Crippen molar-refractivity contribution in [2.24, 2.45) is 0 Å². The minimum Gasteiger partial charge on any atom is -0.380 e. The second-order valence-corrected chi connectivity index (χ2v) is 5.70. The maximum atomic E-state index is 14.1. The van der Waals surface area contributed by atoms with Crippen molar-refractivity contribution < 1.29 is 13.9 Å². The number of hydrogen-bond donors (Lipinski definition) is 1. The number of pyridine rings is 1. The number of nitrogens with zero attached hydrogens (tertiary/aromatic N) is 1. The Hall–Kier alpha value is -2.31. The predicted octanol–water partition coefficient (Wildman–Crippen LogP) is 3.83. The molecule has 2 heterocycles. The maximum Gasteiger partial charge on any atom is 0.266 e. The third kappa shape index (κ3) is 2.70. The van der Waals surface area contributed by atoms with Gasteiger partial charge in [-0.15, -0.1) is 11.3 Å². The number of thiophene rings is 1. The predicted molar refractivity (Wildman–Crippen MR) is 84.7 cm³/mol. The molecule has 6 heteroatoms. The Kier molecular flexibility index (Phi) is 4.13. The van der Waals surface area contributed by atoms with Crippen LogP contribution in [0.4, 0.5) is 10.1 Å². The summed E-state index contributed by atoms with van der Waals surface area (Å²) in [6.45, 7) is 0.177. The van der Waals surface area contributed by atoms with Crippen LogP contribution in [0.15, 0.2) is 42.7 Å². The van der Waals surface area contributed by atoms with Crippen LogP contribution in [0, 0.1) is 5.82 Å². The van der Waals surface area contributed by atoms with E-state index < -0.39 is 0 Å². The van der Waals surface area contributed by atoms with E-state index >= 15 is 0 Å². The van der Waals surface area contributed by atoms with Crippen molar-refractivity contribution >= 4 is 33.0 Å². The van der Waals surface area contributed by atoms with Gasteiger partial charge in [-0.05, 0) is 24.3 Å².